The Kier molecular flexibility index (Phi) is 5.19. The van der Waals surface area contributed by atoms with Gasteiger partial charge in [-0.15, -0.1) is 11.3 Å². The smallest absolute Gasteiger partial charge is 0.357 e. The van der Waals surface area contributed by atoms with Crippen molar-refractivity contribution in [3.05, 3.63) is 11.1 Å². The molecule has 0 saturated heterocycles. The third kappa shape index (κ3) is 3.93. The molecule has 1 heterocycles. The van der Waals surface area contributed by atoms with Crippen molar-refractivity contribution in [1.82, 2.24) is 4.98 Å². The first-order valence-corrected chi connectivity index (χ1v) is 7.88. The van der Waals surface area contributed by atoms with Gasteiger partial charge in [-0.3, -0.25) is 0 Å². The number of methoxy groups -OCH3 is 1. The fourth-order valence-electron chi connectivity index (χ4n) is 2.63. The second-order valence-electron chi connectivity index (χ2n) is 5.21. The number of carbonyl (C=O) groups excluding carboxylic acids is 1. The lowest BCUT2D eigenvalue weighted by Gasteiger charge is -2.27. The molecule has 0 aliphatic heterocycles. The van der Waals surface area contributed by atoms with Crippen molar-refractivity contribution in [2.75, 3.05) is 19.0 Å². The van der Waals surface area contributed by atoms with Gasteiger partial charge in [0.25, 0.3) is 0 Å². The van der Waals surface area contributed by atoms with E-state index in [4.69, 9.17) is 0 Å². The van der Waals surface area contributed by atoms with Crippen LogP contribution < -0.4 is 5.32 Å². The number of ether oxygens (including phenoxy) is 1. The number of thiazole rings is 1. The zero-order valence-corrected chi connectivity index (χ0v) is 12.5. The Labute approximate surface area is 118 Å². The molecule has 1 N–H and O–H groups in total. The lowest BCUT2D eigenvalue weighted by Crippen LogP contribution is -2.21. The van der Waals surface area contributed by atoms with Crippen LogP contribution in [0, 0.1) is 11.8 Å². The SMILES string of the molecule is CCC1CCC(CNc2nc(C(=O)OC)cs2)CC1. The van der Waals surface area contributed by atoms with Crippen molar-refractivity contribution in [2.24, 2.45) is 11.8 Å². The highest BCUT2D eigenvalue weighted by Gasteiger charge is 2.20. The van der Waals surface area contributed by atoms with E-state index in [-0.39, 0.29) is 5.97 Å². The van der Waals surface area contributed by atoms with Gasteiger partial charge in [-0.1, -0.05) is 26.2 Å². The molecule has 1 saturated carbocycles. The Hall–Kier alpha value is -1.10. The topological polar surface area (TPSA) is 51.2 Å². The Morgan fingerprint density at radius 2 is 2.11 bits per heavy atom. The molecule has 0 radical (unpaired) electrons. The highest BCUT2D eigenvalue weighted by atomic mass is 32.1. The Morgan fingerprint density at radius 3 is 2.74 bits per heavy atom. The maximum atomic E-state index is 11.3. The number of hydrogen-bond acceptors (Lipinski definition) is 5. The fraction of sp³-hybridized carbons (Fsp3) is 0.714. The monoisotopic (exact) mass is 282 g/mol. The van der Waals surface area contributed by atoms with Crippen molar-refractivity contribution in [3.63, 3.8) is 0 Å². The van der Waals surface area contributed by atoms with Crippen LogP contribution in [-0.4, -0.2) is 24.6 Å². The summed E-state index contributed by atoms with van der Waals surface area (Å²) in [5.41, 5.74) is 0.393. The number of esters is 1. The Balaban J connectivity index is 1.76. The fourth-order valence-corrected chi connectivity index (χ4v) is 3.32. The van der Waals surface area contributed by atoms with E-state index < -0.39 is 0 Å². The van der Waals surface area contributed by atoms with Gasteiger partial charge in [-0.05, 0) is 24.7 Å². The molecule has 0 atom stereocenters. The molecule has 106 valence electrons. The van der Waals surface area contributed by atoms with E-state index in [1.165, 1.54) is 50.6 Å². The predicted octanol–water partition coefficient (Wildman–Crippen LogP) is 3.56. The molecule has 19 heavy (non-hydrogen) atoms. The van der Waals surface area contributed by atoms with Gasteiger partial charge >= 0.3 is 5.97 Å². The predicted molar refractivity (Wildman–Crippen MR) is 77.7 cm³/mol. The van der Waals surface area contributed by atoms with Crippen LogP contribution in [0.25, 0.3) is 0 Å². The van der Waals surface area contributed by atoms with Gasteiger partial charge in [0.05, 0.1) is 7.11 Å². The first-order chi connectivity index (χ1) is 9.22. The quantitative estimate of drug-likeness (QED) is 0.839. The Bertz CT molecular complexity index is 411. The molecular formula is C14H22N2O2S. The highest BCUT2D eigenvalue weighted by Crippen LogP contribution is 2.30. The highest BCUT2D eigenvalue weighted by molar-refractivity contribution is 7.13. The summed E-state index contributed by atoms with van der Waals surface area (Å²) in [6, 6.07) is 0. The van der Waals surface area contributed by atoms with Crippen LogP contribution >= 0.6 is 11.3 Å². The van der Waals surface area contributed by atoms with Crippen molar-refractivity contribution in [2.45, 2.75) is 39.0 Å². The van der Waals surface area contributed by atoms with Gasteiger partial charge in [0.15, 0.2) is 10.8 Å². The van der Waals surface area contributed by atoms with E-state index in [0.717, 1.165) is 23.5 Å². The summed E-state index contributed by atoms with van der Waals surface area (Å²) in [6.45, 7) is 3.25. The van der Waals surface area contributed by atoms with E-state index in [0.29, 0.717) is 5.69 Å². The number of nitrogens with one attached hydrogen (secondary N) is 1. The molecule has 2 rings (SSSR count). The van der Waals surface area contributed by atoms with Gasteiger partial charge in [-0.25, -0.2) is 9.78 Å². The van der Waals surface area contributed by atoms with Crippen molar-refractivity contribution < 1.29 is 9.53 Å². The number of nitrogens with zero attached hydrogens (tertiary/aromatic N) is 1. The first-order valence-electron chi connectivity index (χ1n) is 7.00. The molecule has 1 fully saturated rings. The van der Waals surface area contributed by atoms with Crippen LogP contribution in [0.5, 0.6) is 0 Å². The molecule has 0 unspecified atom stereocenters. The van der Waals surface area contributed by atoms with Gasteiger partial charge in [0.2, 0.25) is 0 Å². The molecule has 0 bridgehead atoms. The summed E-state index contributed by atoms with van der Waals surface area (Å²) in [7, 11) is 1.38. The standard InChI is InChI=1S/C14H22N2O2S/c1-3-10-4-6-11(7-5-10)8-15-14-16-12(9-19-14)13(17)18-2/h9-11H,3-8H2,1-2H3,(H,15,16). The minimum Gasteiger partial charge on any atom is -0.464 e. The number of carbonyl (C=O) groups is 1. The average molecular weight is 282 g/mol. The van der Waals surface area contributed by atoms with Crippen molar-refractivity contribution >= 4 is 22.4 Å². The Morgan fingerprint density at radius 1 is 1.42 bits per heavy atom. The number of hydrogen-bond donors (Lipinski definition) is 1. The third-order valence-electron chi connectivity index (χ3n) is 3.98. The molecule has 0 amide bonds. The third-order valence-corrected chi connectivity index (χ3v) is 4.78. The molecule has 1 aliphatic carbocycles. The summed E-state index contributed by atoms with van der Waals surface area (Å²) in [5, 5.41) is 5.90. The van der Waals surface area contributed by atoms with Crippen LogP contribution in [0.15, 0.2) is 5.38 Å². The van der Waals surface area contributed by atoms with Gasteiger partial charge < -0.3 is 10.1 Å². The zero-order chi connectivity index (χ0) is 13.7. The molecule has 5 heteroatoms. The van der Waals surface area contributed by atoms with E-state index in [1.807, 2.05) is 0 Å². The lowest BCUT2D eigenvalue weighted by molar-refractivity contribution is 0.0595. The van der Waals surface area contributed by atoms with Crippen LogP contribution in [0.4, 0.5) is 5.13 Å². The summed E-state index contributed by atoms with van der Waals surface area (Å²) in [4.78, 5) is 15.5. The summed E-state index contributed by atoms with van der Waals surface area (Å²) in [6.07, 6.45) is 6.64. The van der Waals surface area contributed by atoms with E-state index in [1.54, 1.807) is 5.38 Å². The van der Waals surface area contributed by atoms with Crippen molar-refractivity contribution in [1.29, 1.82) is 0 Å². The maximum absolute atomic E-state index is 11.3. The molecule has 1 aromatic rings. The number of anilines is 1. The summed E-state index contributed by atoms with van der Waals surface area (Å²) in [5.74, 6) is 1.31. The molecular weight excluding hydrogens is 260 g/mol. The van der Waals surface area contributed by atoms with Gasteiger partial charge in [-0.2, -0.15) is 0 Å². The number of aromatic nitrogens is 1. The maximum Gasteiger partial charge on any atom is 0.357 e. The second-order valence-corrected chi connectivity index (χ2v) is 6.06. The average Bonchev–Trinajstić information content (AvgIpc) is 2.93. The molecule has 0 aromatic carbocycles. The summed E-state index contributed by atoms with van der Waals surface area (Å²) >= 11 is 1.46. The zero-order valence-electron chi connectivity index (χ0n) is 11.6. The van der Waals surface area contributed by atoms with Crippen LogP contribution in [0.2, 0.25) is 0 Å². The van der Waals surface area contributed by atoms with E-state index in [2.05, 4.69) is 22.0 Å². The molecule has 0 spiro atoms. The second kappa shape index (κ2) is 6.89. The van der Waals surface area contributed by atoms with Crippen LogP contribution in [-0.2, 0) is 4.74 Å². The first kappa shape index (κ1) is 14.3. The minimum atomic E-state index is -0.368. The minimum absolute atomic E-state index is 0.368. The van der Waals surface area contributed by atoms with E-state index >= 15 is 0 Å². The van der Waals surface area contributed by atoms with Gasteiger partial charge in [0, 0.05) is 11.9 Å². The van der Waals surface area contributed by atoms with Crippen LogP contribution in [0.3, 0.4) is 0 Å². The van der Waals surface area contributed by atoms with Gasteiger partial charge in [0.1, 0.15) is 0 Å². The van der Waals surface area contributed by atoms with Crippen molar-refractivity contribution in [3.8, 4) is 0 Å². The summed E-state index contributed by atoms with van der Waals surface area (Å²) < 4.78 is 4.65. The number of rotatable bonds is 5. The van der Waals surface area contributed by atoms with E-state index in [9.17, 15) is 4.79 Å². The normalized spacial score (nSPS) is 23.1. The molecule has 1 aliphatic rings. The van der Waals surface area contributed by atoms with Crippen LogP contribution in [0.1, 0.15) is 49.5 Å². The largest absolute Gasteiger partial charge is 0.464 e. The lowest BCUT2D eigenvalue weighted by atomic mass is 9.81. The molecule has 1 aromatic heterocycles. The molecule has 4 nitrogen and oxygen atoms in total.